The van der Waals surface area contributed by atoms with Gasteiger partial charge in [0.15, 0.2) is 5.82 Å². The highest BCUT2D eigenvalue weighted by Gasteiger charge is 2.13. The van der Waals surface area contributed by atoms with E-state index in [4.69, 9.17) is 0 Å². The van der Waals surface area contributed by atoms with E-state index in [9.17, 15) is 0 Å². The molecule has 1 aromatic carbocycles. The maximum atomic E-state index is 4.41. The van der Waals surface area contributed by atoms with Gasteiger partial charge in [-0.05, 0) is 48.0 Å². The summed E-state index contributed by atoms with van der Waals surface area (Å²) in [4.78, 5) is 5.69. The molecule has 0 aliphatic heterocycles. The summed E-state index contributed by atoms with van der Waals surface area (Å²) in [7, 11) is 0. The lowest BCUT2D eigenvalue weighted by Gasteiger charge is -2.16. The number of nitrogens with one attached hydrogen (secondary N) is 2. The fraction of sp³-hybridized carbons (Fsp3) is 0.200. The van der Waals surface area contributed by atoms with E-state index in [1.807, 2.05) is 25.1 Å². The van der Waals surface area contributed by atoms with Gasteiger partial charge in [0, 0.05) is 26.0 Å². The molecule has 21 heavy (non-hydrogen) atoms. The van der Waals surface area contributed by atoms with Crippen LogP contribution in [0.25, 0.3) is 11.4 Å². The van der Waals surface area contributed by atoms with Gasteiger partial charge in [-0.3, -0.25) is 5.10 Å². The molecule has 3 aromatic rings. The van der Waals surface area contributed by atoms with E-state index >= 15 is 0 Å². The largest absolute Gasteiger partial charge is 0.377 e. The summed E-state index contributed by atoms with van der Waals surface area (Å²) in [6.45, 7) is 4.05. The van der Waals surface area contributed by atoms with Crippen molar-refractivity contribution < 1.29 is 0 Å². The Kier molecular flexibility index (Phi) is 4.07. The summed E-state index contributed by atoms with van der Waals surface area (Å²) >= 11 is 5.23. The number of aromatic amines is 1. The van der Waals surface area contributed by atoms with E-state index in [0.717, 1.165) is 27.4 Å². The third kappa shape index (κ3) is 3.16. The molecule has 6 heteroatoms. The van der Waals surface area contributed by atoms with Gasteiger partial charge >= 0.3 is 0 Å². The van der Waals surface area contributed by atoms with E-state index in [2.05, 4.69) is 60.9 Å². The van der Waals surface area contributed by atoms with Gasteiger partial charge in [-0.1, -0.05) is 12.1 Å². The quantitative estimate of drug-likeness (QED) is 0.702. The molecule has 4 nitrogen and oxygen atoms in total. The number of aromatic nitrogens is 3. The molecule has 0 saturated heterocycles. The first-order valence-corrected chi connectivity index (χ1v) is 8.29. The average Bonchev–Trinajstić information content (AvgIpc) is 3.08. The normalized spacial score (nSPS) is 12.3. The Morgan fingerprint density at radius 1 is 1.33 bits per heavy atom. The second-order valence-electron chi connectivity index (χ2n) is 4.82. The molecule has 0 saturated carbocycles. The number of anilines is 1. The number of hydrogen-bond donors (Lipinski definition) is 2. The van der Waals surface area contributed by atoms with E-state index in [-0.39, 0.29) is 6.04 Å². The molecule has 2 heterocycles. The molecule has 3 rings (SSSR count). The van der Waals surface area contributed by atoms with Crippen molar-refractivity contribution in [1.82, 2.24) is 15.2 Å². The molecule has 108 valence electrons. The highest BCUT2D eigenvalue weighted by atomic mass is 79.9. The minimum atomic E-state index is 0.225. The number of aryl methyl sites for hydroxylation is 1. The minimum Gasteiger partial charge on any atom is -0.377 e. The Morgan fingerprint density at radius 2 is 2.14 bits per heavy atom. The number of nitrogens with zero attached hydrogens (tertiary/aromatic N) is 2. The molecule has 0 fully saturated rings. The highest BCUT2D eigenvalue weighted by molar-refractivity contribution is 9.10. The van der Waals surface area contributed by atoms with Crippen LogP contribution in [0.2, 0.25) is 0 Å². The van der Waals surface area contributed by atoms with Gasteiger partial charge in [0.05, 0.1) is 6.04 Å². The van der Waals surface area contributed by atoms with Crippen molar-refractivity contribution in [2.24, 2.45) is 0 Å². The summed E-state index contributed by atoms with van der Waals surface area (Å²) in [5.41, 5.74) is 2.04. The lowest BCUT2D eigenvalue weighted by atomic mass is 10.1. The number of para-hydroxylation sites is 1. The summed E-state index contributed by atoms with van der Waals surface area (Å²) in [5, 5.41) is 12.8. The van der Waals surface area contributed by atoms with Gasteiger partial charge in [-0.25, -0.2) is 4.98 Å². The topological polar surface area (TPSA) is 53.6 Å². The Labute approximate surface area is 135 Å². The molecule has 0 aliphatic carbocycles. The number of benzene rings is 1. The van der Waals surface area contributed by atoms with Gasteiger partial charge in [0.25, 0.3) is 0 Å². The summed E-state index contributed by atoms with van der Waals surface area (Å²) in [6, 6.07) is 10.5. The Balaban J connectivity index is 1.89. The van der Waals surface area contributed by atoms with Gasteiger partial charge in [0.1, 0.15) is 5.82 Å². The van der Waals surface area contributed by atoms with Crippen molar-refractivity contribution >= 4 is 33.0 Å². The molecule has 1 unspecified atom stereocenters. The third-order valence-corrected chi connectivity index (χ3v) is 5.03. The molecule has 2 N–H and O–H groups in total. The van der Waals surface area contributed by atoms with Crippen LogP contribution in [0, 0.1) is 6.92 Å². The van der Waals surface area contributed by atoms with E-state index in [1.165, 1.54) is 4.88 Å². The van der Waals surface area contributed by atoms with Crippen molar-refractivity contribution in [2.75, 3.05) is 5.32 Å². The fourth-order valence-corrected chi connectivity index (χ4v) is 3.58. The molecule has 0 amide bonds. The predicted molar refractivity (Wildman–Crippen MR) is 90.6 cm³/mol. The summed E-state index contributed by atoms with van der Waals surface area (Å²) in [6.07, 6.45) is 0. The van der Waals surface area contributed by atoms with E-state index < -0.39 is 0 Å². The van der Waals surface area contributed by atoms with Crippen molar-refractivity contribution in [3.63, 3.8) is 0 Å². The number of hydrogen-bond acceptors (Lipinski definition) is 4. The second-order valence-corrected chi connectivity index (χ2v) is 6.68. The molecule has 0 radical (unpaired) electrons. The second kappa shape index (κ2) is 5.99. The van der Waals surface area contributed by atoms with Crippen LogP contribution in [0.5, 0.6) is 0 Å². The molecule has 0 bridgehead atoms. The zero-order valence-electron chi connectivity index (χ0n) is 11.7. The molecule has 1 atom stereocenters. The van der Waals surface area contributed by atoms with Gasteiger partial charge in [0.2, 0.25) is 0 Å². The minimum absolute atomic E-state index is 0.225. The molecular weight excluding hydrogens is 348 g/mol. The molecule has 2 aromatic heterocycles. The first-order valence-electron chi connectivity index (χ1n) is 6.62. The maximum absolute atomic E-state index is 4.41. The lowest BCUT2D eigenvalue weighted by Crippen LogP contribution is -2.06. The van der Waals surface area contributed by atoms with Crippen LogP contribution < -0.4 is 5.32 Å². The van der Waals surface area contributed by atoms with Crippen molar-refractivity contribution in [1.29, 1.82) is 0 Å². The lowest BCUT2D eigenvalue weighted by molar-refractivity contribution is 0.907. The third-order valence-electron chi connectivity index (χ3n) is 3.15. The van der Waals surface area contributed by atoms with E-state index in [1.54, 1.807) is 11.3 Å². The van der Waals surface area contributed by atoms with Crippen LogP contribution in [0.4, 0.5) is 5.69 Å². The van der Waals surface area contributed by atoms with Crippen molar-refractivity contribution in [3.8, 4) is 11.4 Å². The Bertz CT molecular complexity index is 749. The van der Waals surface area contributed by atoms with E-state index in [0.29, 0.717) is 0 Å². The smallest absolute Gasteiger partial charge is 0.183 e. The van der Waals surface area contributed by atoms with Gasteiger partial charge in [-0.2, -0.15) is 5.10 Å². The zero-order chi connectivity index (χ0) is 14.8. The van der Waals surface area contributed by atoms with Gasteiger partial charge in [-0.15, -0.1) is 11.3 Å². The molecule has 0 spiro atoms. The number of H-pyrrole nitrogens is 1. The zero-order valence-corrected chi connectivity index (χ0v) is 14.1. The van der Waals surface area contributed by atoms with Crippen LogP contribution in [0.1, 0.15) is 23.7 Å². The molecule has 0 aliphatic rings. The standard InChI is InChI=1S/C15H15BrN4S/c1-9(14-7-11(16)8-21-14)17-13-6-4-3-5-12(13)15-18-10(2)19-20-15/h3-9,17H,1-2H3,(H,18,19,20). The van der Waals surface area contributed by atoms with Crippen LogP contribution in [-0.2, 0) is 0 Å². The Hall–Kier alpha value is -1.66. The SMILES string of the molecule is Cc1nc(-c2ccccc2NC(C)c2cc(Br)cs2)n[nH]1. The average molecular weight is 363 g/mol. The first kappa shape index (κ1) is 14.3. The summed E-state index contributed by atoms with van der Waals surface area (Å²) in [5.74, 6) is 1.53. The van der Waals surface area contributed by atoms with Crippen molar-refractivity contribution in [3.05, 3.63) is 50.9 Å². The number of thiophene rings is 1. The van der Waals surface area contributed by atoms with Crippen LogP contribution in [0.3, 0.4) is 0 Å². The fourth-order valence-electron chi connectivity index (χ4n) is 2.13. The maximum Gasteiger partial charge on any atom is 0.183 e. The number of halogens is 1. The predicted octanol–water partition coefficient (Wildman–Crippen LogP) is 4.78. The summed E-state index contributed by atoms with van der Waals surface area (Å²) < 4.78 is 1.12. The Morgan fingerprint density at radius 3 is 2.81 bits per heavy atom. The van der Waals surface area contributed by atoms with Crippen LogP contribution in [-0.4, -0.2) is 15.2 Å². The van der Waals surface area contributed by atoms with Crippen LogP contribution >= 0.6 is 27.3 Å². The monoisotopic (exact) mass is 362 g/mol. The molecular formula is C15H15BrN4S. The number of rotatable bonds is 4. The first-order chi connectivity index (χ1) is 10.1. The highest BCUT2D eigenvalue weighted by Crippen LogP contribution is 2.31. The van der Waals surface area contributed by atoms with Crippen LogP contribution in [0.15, 0.2) is 40.2 Å². The van der Waals surface area contributed by atoms with Crippen molar-refractivity contribution in [2.45, 2.75) is 19.9 Å². The van der Waals surface area contributed by atoms with Gasteiger partial charge < -0.3 is 5.32 Å².